The number of fused-ring (bicyclic) bond motifs is 2. The lowest BCUT2D eigenvalue weighted by molar-refractivity contribution is 0.306. The van der Waals surface area contributed by atoms with Gasteiger partial charge in [-0.15, -0.1) is 0 Å². The molecule has 2 nitrogen and oxygen atoms in total. The molecule has 1 aromatic heterocycles. The van der Waals surface area contributed by atoms with Crippen LogP contribution in [0.25, 0.3) is 10.9 Å². The van der Waals surface area contributed by atoms with E-state index in [0.717, 1.165) is 29.5 Å². The molecule has 0 N–H and O–H groups in total. The topological polar surface area (TPSA) is 22.1 Å². The molecule has 0 spiro atoms. The Kier molecular flexibility index (Phi) is 4.54. The van der Waals surface area contributed by atoms with Gasteiger partial charge in [0.1, 0.15) is 12.4 Å². The summed E-state index contributed by atoms with van der Waals surface area (Å²) in [6.45, 7) is 0.584. The molecule has 0 fully saturated rings. The largest absolute Gasteiger partial charge is 0.489 e. The zero-order chi connectivity index (χ0) is 18.8. The summed E-state index contributed by atoms with van der Waals surface area (Å²) in [4.78, 5) is 4.95. The minimum absolute atomic E-state index is 0.584. The lowest BCUT2D eigenvalue weighted by Gasteiger charge is -2.24. The quantitative estimate of drug-likeness (QED) is 0.437. The van der Waals surface area contributed by atoms with E-state index in [-0.39, 0.29) is 0 Å². The van der Waals surface area contributed by atoms with Gasteiger partial charge in [0.2, 0.25) is 0 Å². The van der Waals surface area contributed by atoms with Gasteiger partial charge in [-0.2, -0.15) is 0 Å². The van der Waals surface area contributed by atoms with E-state index >= 15 is 0 Å². The SMILES string of the molecule is c1ccc(COc2ccc3nc4c(cc3c2)C[C@H](c2ccccc2)CC4)cc1. The summed E-state index contributed by atoms with van der Waals surface area (Å²) in [7, 11) is 0. The van der Waals surface area contributed by atoms with Crippen molar-refractivity contribution < 1.29 is 4.74 Å². The molecule has 2 heteroatoms. The molecule has 0 aliphatic heterocycles. The Hall–Kier alpha value is -3.13. The normalized spacial score (nSPS) is 15.9. The van der Waals surface area contributed by atoms with E-state index in [1.807, 2.05) is 24.3 Å². The Morgan fingerprint density at radius 3 is 2.46 bits per heavy atom. The van der Waals surface area contributed by atoms with Gasteiger partial charge in [-0.05, 0) is 66.1 Å². The van der Waals surface area contributed by atoms with Crippen LogP contribution in [0.2, 0.25) is 0 Å². The van der Waals surface area contributed by atoms with Crippen LogP contribution in [0.5, 0.6) is 5.75 Å². The average Bonchev–Trinajstić information content (AvgIpc) is 2.77. The van der Waals surface area contributed by atoms with Crippen molar-refractivity contribution in [2.45, 2.75) is 31.8 Å². The molecule has 1 aliphatic carbocycles. The molecule has 0 unspecified atom stereocenters. The van der Waals surface area contributed by atoms with Gasteiger partial charge in [0.15, 0.2) is 0 Å². The van der Waals surface area contributed by atoms with Crippen molar-refractivity contribution >= 4 is 10.9 Å². The molecule has 0 amide bonds. The summed E-state index contributed by atoms with van der Waals surface area (Å²) in [6.07, 6.45) is 3.29. The number of benzene rings is 3. The fraction of sp³-hybridized carbons (Fsp3) is 0.192. The van der Waals surface area contributed by atoms with E-state index in [1.54, 1.807) is 0 Å². The van der Waals surface area contributed by atoms with Crippen LogP contribution in [-0.2, 0) is 19.4 Å². The molecule has 28 heavy (non-hydrogen) atoms. The van der Waals surface area contributed by atoms with Gasteiger partial charge >= 0.3 is 0 Å². The molecular formula is C26H23NO. The molecule has 4 aromatic rings. The van der Waals surface area contributed by atoms with Gasteiger partial charge < -0.3 is 4.74 Å². The molecule has 0 saturated carbocycles. The molecule has 3 aromatic carbocycles. The third-order valence-corrected chi connectivity index (χ3v) is 5.67. The highest BCUT2D eigenvalue weighted by atomic mass is 16.5. The van der Waals surface area contributed by atoms with Crippen molar-refractivity contribution in [3.8, 4) is 5.75 Å². The monoisotopic (exact) mass is 365 g/mol. The fourth-order valence-corrected chi connectivity index (χ4v) is 4.15. The second kappa shape index (κ2) is 7.47. The highest BCUT2D eigenvalue weighted by Gasteiger charge is 2.21. The first-order valence-corrected chi connectivity index (χ1v) is 9.99. The standard InChI is InChI=1S/C26H23NO/c1-3-7-19(8-4-1)18-28-24-12-14-26-23(17-24)16-22-15-21(11-13-25(22)27-26)20-9-5-2-6-10-20/h1-10,12,14,16-17,21H,11,13,15,18H2/t21-/m1/s1. The first-order valence-electron chi connectivity index (χ1n) is 9.99. The number of aromatic nitrogens is 1. The van der Waals surface area contributed by atoms with Crippen LogP contribution in [0.1, 0.15) is 34.7 Å². The van der Waals surface area contributed by atoms with Crippen LogP contribution >= 0.6 is 0 Å². The lowest BCUT2D eigenvalue weighted by atomic mass is 9.82. The molecule has 0 saturated heterocycles. The van der Waals surface area contributed by atoms with Gasteiger partial charge in [0, 0.05) is 11.1 Å². The van der Waals surface area contributed by atoms with E-state index in [2.05, 4.69) is 60.7 Å². The van der Waals surface area contributed by atoms with Gasteiger partial charge in [0.25, 0.3) is 0 Å². The maximum Gasteiger partial charge on any atom is 0.120 e. The zero-order valence-electron chi connectivity index (χ0n) is 15.8. The van der Waals surface area contributed by atoms with Crippen molar-refractivity contribution in [2.75, 3.05) is 0 Å². The van der Waals surface area contributed by atoms with E-state index < -0.39 is 0 Å². The summed E-state index contributed by atoms with van der Waals surface area (Å²) in [6, 6.07) is 29.7. The van der Waals surface area contributed by atoms with Crippen molar-refractivity contribution in [3.05, 3.63) is 107 Å². The second-order valence-corrected chi connectivity index (χ2v) is 7.57. The van der Waals surface area contributed by atoms with Crippen LogP contribution in [0.3, 0.4) is 0 Å². The fourth-order valence-electron chi connectivity index (χ4n) is 4.15. The van der Waals surface area contributed by atoms with Crippen LogP contribution in [0, 0.1) is 0 Å². The number of aryl methyl sites for hydroxylation is 1. The molecule has 0 radical (unpaired) electrons. The smallest absolute Gasteiger partial charge is 0.120 e. The Labute approximate surface area is 165 Å². The molecule has 0 bridgehead atoms. The number of hydrogen-bond acceptors (Lipinski definition) is 2. The molecule has 1 atom stereocenters. The van der Waals surface area contributed by atoms with Crippen molar-refractivity contribution in [1.82, 2.24) is 4.98 Å². The van der Waals surface area contributed by atoms with Gasteiger partial charge in [0.05, 0.1) is 5.52 Å². The number of nitrogens with zero attached hydrogens (tertiary/aromatic N) is 1. The Morgan fingerprint density at radius 1 is 0.857 bits per heavy atom. The van der Waals surface area contributed by atoms with Crippen LogP contribution in [0.15, 0.2) is 84.9 Å². The maximum absolute atomic E-state index is 6.01. The third-order valence-electron chi connectivity index (χ3n) is 5.67. The minimum atomic E-state index is 0.584. The first kappa shape index (κ1) is 17.0. The highest BCUT2D eigenvalue weighted by Crippen LogP contribution is 2.34. The summed E-state index contributed by atoms with van der Waals surface area (Å²) in [5.74, 6) is 1.49. The lowest BCUT2D eigenvalue weighted by Crippen LogP contribution is -2.14. The molecular weight excluding hydrogens is 342 g/mol. The first-order chi connectivity index (χ1) is 13.8. The van der Waals surface area contributed by atoms with E-state index in [1.165, 1.54) is 28.8 Å². The highest BCUT2D eigenvalue weighted by molar-refractivity contribution is 5.81. The van der Waals surface area contributed by atoms with E-state index in [4.69, 9.17) is 9.72 Å². The van der Waals surface area contributed by atoms with Gasteiger partial charge in [-0.1, -0.05) is 60.7 Å². The molecule has 5 rings (SSSR count). The number of ether oxygens (including phenoxy) is 1. The number of rotatable bonds is 4. The summed E-state index contributed by atoms with van der Waals surface area (Å²) in [5, 5.41) is 1.16. The third kappa shape index (κ3) is 3.50. The van der Waals surface area contributed by atoms with Crippen LogP contribution in [-0.4, -0.2) is 4.98 Å². The number of pyridine rings is 1. The number of hydrogen-bond donors (Lipinski definition) is 0. The van der Waals surface area contributed by atoms with Crippen molar-refractivity contribution in [3.63, 3.8) is 0 Å². The van der Waals surface area contributed by atoms with E-state index in [0.29, 0.717) is 12.5 Å². The predicted molar refractivity (Wildman–Crippen MR) is 114 cm³/mol. The van der Waals surface area contributed by atoms with Gasteiger partial charge in [-0.25, -0.2) is 0 Å². The molecule has 1 heterocycles. The van der Waals surface area contributed by atoms with Crippen molar-refractivity contribution in [2.24, 2.45) is 0 Å². The van der Waals surface area contributed by atoms with Crippen LogP contribution in [0.4, 0.5) is 0 Å². The summed E-state index contributed by atoms with van der Waals surface area (Å²) >= 11 is 0. The maximum atomic E-state index is 6.01. The average molecular weight is 365 g/mol. The van der Waals surface area contributed by atoms with Gasteiger partial charge in [-0.3, -0.25) is 4.98 Å². The molecule has 138 valence electrons. The zero-order valence-corrected chi connectivity index (χ0v) is 15.8. The second-order valence-electron chi connectivity index (χ2n) is 7.57. The summed E-state index contributed by atoms with van der Waals surface area (Å²) in [5.41, 5.74) is 6.32. The minimum Gasteiger partial charge on any atom is -0.489 e. The molecule has 1 aliphatic rings. The Morgan fingerprint density at radius 2 is 1.64 bits per heavy atom. The predicted octanol–water partition coefficient (Wildman–Crippen LogP) is 6.09. The Balaban J connectivity index is 1.39. The van der Waals surface area contributed by atoms with Crippen molar-refractivity contribution in [1.29, 1.82) is 0 Å². The van der Waals surface area contributed by atoms with E-state index in [9.17, 15) is 0 Å². The Bertz CT molecular complexity index is 1090. The summed E-state index contributed by atoms with van der Waals surface area (Å²) < 4.78 is 6.01. The van der Waals surface area contributed by atoms with Crippen LogP contribution < -0.4 is 4.74 Å².